The summed E-state index contributed by atoms with van der Waals surface area (Å²) in [5, 5.41) is 0.619. The van der Waals surface area contributed by atoms with Crippen LogP contribution in [0.25, 0.3) is 0 Å². The largest absolute Gasteiger partial charge is 0.548 e. The smallest absolute Gasteiger partial charge is 0.299 e. The van der Waals surface area contributed by atoms with Crippen molar-refractivity contribution in [2.24, 2.45) is 5.92 Å². The van der Waals surface area contributed by atoms with Gasteiger partial charge < -0.3 is 0 Å². The highest BCUT2D eigenvalue weighted by Crippen LogP contribution is 2.22. The molecule has 1 atom stereocenters. The van der Waals surface area contributed by atoms with E-state index in [9.17, 15) is 9.36 Å². The summed E-state index contributed by atoms with van der Waals surface area (Å²) in [4.78, 5) is 11.6. The van der Waals surface area contributed by atoms with Crippen LogP contribution in [0.2, 0.25) is 0 Å². The van der Waals surface area contributed by atoms with E-state index in [1.165, 1.54) is 7.11 Å². The first-order valence-corrected chi connectivity index (χ1v) is 6.36. The molecule has 0 heterocycles. The first kappa shape index (κ1) is 13.0. The summed E-state index contributed by atoms with van der Waals surface area (Å²) in [6.45, 7) is 3.72. The molecule has 4 heteroatoms. The van der Waals surface area contributed by atoms with E-state index in [0.29, 0.717) is 11.7 Å². The third-order valence-corrected chi connectivity index (χ3v) is 3.52. The molecule has 0 spiro atoms. The molecular weight excluding hydrogens is 223 g/mol. The highest BCUT2D eigenvalue weighted by atomic mass is 31.1. The van der Waals surface area contributed by atoms with Gasteiger partial charge >= 0.3 is 8.03 Å². The Balaban J connectivity index is 2.95. The van der Waals surface area contributed by atoms with Crippen LogP contribution in [-0.4, -0.2) is 12.9 Å². The van der Waals surface area contributed by atoms with Crippen molar-refractivity contribution < 1.29 is 13.9 Å². The van der Waals surface area contributed by atoms with Gasteiger partial charge in [0.05, 0.1) is 7.11 Å². The molecular formula is C12H16O3P+. The average Bonchev–Trinajstić information content (AvgIpc) is 2.28. The van der Waals surface area contributed by atoms with Gasteiger partial charge in [-0.2, -0.15) is 0 Å². The van der Waals surface area contributed by atoms with Gasteiger partial charge in [-0.15, -0.1) is 4.52 Å². The minimum atomic E-state index is -1.85. The summed E-state index contributed by atoms with van der Waals surface area (Å²) in [5.74, 6) is 0.139. The van der Waals surface area contributed by atoms with E-state index in [-0.39, 0.29) is 11.7 Å². The number of benzene rings is 1. The fourth-order valence-corrected chi connectivity index (χ4v) is 2.12. The number of carbonyl (C=O) groups is 1. The van der Waals surface area contributed by atoms with E-state index >= 15 is 0 Å². The zero-order chi connectivity index (χ0) is 12.1. The SMILES string of the molecule is CO[P+](=O)c1ccccc1CC(=O)C(C)C. The summed E-state index contributed by atoms with van der Waals surface area (Å²) in [5.41, 5.74) is 0.796. The molecule has 0 saturated carbocycles. The number of rotatable bonds is 5. The second-order valence-corrected chi connectivity index (χ2v) is 5.23. The van der Waals surface area contributed by atoms with Crippen molar-refractivity contribution in [2.75, 3.05) is 7.11 Å². The zero-order valence-corrected chi connectivity index (χ0v) is 10.7. The molecule has 1 aromatic rings. The molecule has 16 heavy (non-hydrogen) atoms. The van der Waals surface area contributed by atoms with Crippen molar-refractivity contribution in [2.45, 2.75) is 20.3 Å². The first-order valence-electron chi connectivity index (χ1n) is 5.18. The van der Waals surface area contributed by atoms with E-state index < -0.39 is 8.03 Å². The predicted molar refractivity (Wildman–Crippen MR) is 64.2 cm³/mol. The molecule has 3 nitrogen and oxygen atoms in total. The van der Waals surface area contributed by atoms with Crippen LogP contribution in [0, 0.1) is 5.92 Å². The van der Waals surface area contributed by atoms with Crippen molar-refractivity contribution in [1.29, 1.82) is 0 Å². The van der Waals surface area contributed by atoms with Crippen LogP contribution in [0.4, 0.5) is 0 Å². The summed E-state index contributed by atoms with van der Waals surface area (Å²) in [7, 11) is -0.444. The third-order valence-electron chi connectivity index (χ3n) is 2.36. The van der Waals surface area contributed by atoms with Crippen molar-refractivity contribution in [3.8, 4) is 0 Å². The number of Topliss-reactive ketones (excluding diaryl/α,β-unsaturated/α-hetero) is 1. The second kappa shape index (κ2) is 5.88. The maximum absolute atomic E-state index is 11.6. The van der Waals surface area contributed by atoms with Crippen LogP contribution in [0.1, 0.15) is 19.4 Å². The van der Waals surface area contributed by atoms with Gasteiger partial charge in [-0.25, -0.2) is 0 Å². The van der Waals surface area contributed by atoms with E-state index in [2.05, 4.69) is 0 Å². The molecule has 1 aromatic carbocycles. The van der Waals surface area contributed by atoms with Crippen molar-refractivity contribution in [3.63, 3.8) is 0 Å². The molecule has 0 saturated heterocycles. The van der Waals surface area contributed by atoms with E-state index in [1.54, 1.807) is 12.1 Å². The zero-order valence-electron chi connectivity index (χ0n) is 9.77. The normalized spacial score (nSPS) is 11.6. The highest BCUT2D eigenvalue weighted by Gasteiger charge is 2.25. The number of ketones is 1. The van der Waals surface area contributed by atoms with Crippen molar-refractivity contribution in [1.82, 2.24) is 0 Å². The van der Waals surface area contributed by atoms with Gasteiger partial charge in [0.15, 0.2) is 0 Å². The van der Waals surface area contributed by atoms with Crippen LogP contribution < -0.4 is 5.30 Å². The summed E-state index contributed by atoms with van der Waals surface area (Å²) in [6.07, 6.45) is 0.318. The van der Waals surface area contributed by atoms with Gasteiger partial charge in [0.25, 0.3) is 0 Å². The van der Waals surface area contributed by atoms with E-state index in [0.717, 1.165) is 5.56 Å². The van der Waals surface area contributed by atoms with Gasteiger partial charge in [-0.1, -0.05) is 32.0 Å². The molecule has 0 bridgehead atoms. The van der Waals surface area contributed by atoms with Crippen molar-refractivity contribution >= 4 is 19.1 Å². The summed E-state index contributed by atoms with van der Waals surface area (Å²) < 4.78 is 16.4. The Morgan fingerprint density at radius 1 is 1.38 bits per heavy atom. The molecule has 0 aromatic heterocycles. The molecule has 1 unspecified atom stereocenters. The maximum atomic E-state index is 11.6. The minimum absolute atomic E-state index is 0.00604. The molecule has 0 radical (unpaired) electrons. The van der Waals surface area contributed by atoms with Crippen LogP contribution in [0.15, 0.2) is 24.3 Å². The predicted octanol–water partition coefficient (Wildman–Crippen LogP) is 2.47. The molecule has 0 aliphatic heterocycles. The van der Waals surface area contributed by atoms with Crippen molar-refractivity contribution in [3.05, 3.63) is 29.8 Å². The van der Waals surface area contributed by atoms with Crippen LogP contribution in [-0.2, 0) is 20.3 Å². The number of carbonyl (C=O) groups excluding carboxylic acids is 1. The van der Waals surface area contributed by atoms with Gasteiger partial charge in [0, 0.05) is 17.9 Å². The van der Waals surface area contributed by atoms with Gasteiger partial charge in [-0.05, 0) is 10.6 Å². The van der Waals surface area contributed by atoms with Gasteiger partial charge in [0.1, 0.15) is 5.78 Å². The molecule has 0 amide bonds. The molecule has 1 rings (SSSR count). The summed E-state index contributed by atoms with van der Waals surface area (Å²) >= 11 is 0. The fourth-order valence-electron chi connectivity index (χ4n) is 1.33. The molecule has 0 aliphatic rings. The molecule has 0 aliphatic carbocycles. The van der Waals surface area contributed by atoms with Gasteiger partial charge in [-0.3, -0.25) is 4.79 Å². The lowest BCUT2D eigenvalue weighted by atomic mass is 10.0. The molecule has 0 N–H and O–H groups in total. The Labute approximate surface area is 96.7 Å². The van der Waals surface area contributed by atoms with Crippen LogP contribution >= 0.6 is 8.03 Å². The lowest BCUT2D eigenvalue weighted by molar-refractivity contribution is -0.121. The topological polar surface area (TPSA) is 43.4 Å². The Bertz CT molecular complexity index is 399. The van der Waals surface area contributed by atoms with Gasteiger partial charge in [0.2, 0.25) is 5.30 Å². The Morgan fingerprint density at radius 2 is 2.00 bits per heavy atom. The lowest BCUT2D eigenvalue weighted by Crippen LogP contribution is -2.15. The summed E-state index contributed by atoms with van der Waals surface area (Å²) in [6, 6.07) is 7.20. The quantitative estimate of drug-likeness (QED) is 0.741. The fraction of sp³-hybridized carbons (Fsp3) is 0.417. The number of hydrogen-bond acceptors (Lipinski definition) is 3. The van der Waals surface area contributed by atoms with Crippen LogP contribution in [0.3, 0.4) is 0 Å². The Hall–Kier alpha value is -1.05. The monoisotopic (exact) mass is 239 g/mol. The number of hydrogen-bond donors (Lipinski definition) is 0. The molecule has 86 valence electrons. The maximum Gasteiger partial charge on any atom is 0.548 e. The highest BCUT2D eigenvalue weighted by molar-refractivity contribution is 7.48. The lowest BCUT2D eigenvalue weighted by Gasteiger charge is -2.03. The third kappa shape index (κ3) is 3.22. The second-order valence-electron chi connectivity index (χ2n) is 3.87. The minimum Gasteiger partial charge on any atom is -0.299 e. The van der Waals surface area contributed by atoms with E-state index in [4.69, 9.17) is 4.52 Å². The standard InChI is InChI=1S/C12H16O3P/c1-9(2)11(13)8-10-6-4-5-7-12(10)16(14)15-3/h4-7,9H,8H2,1-3H3/q+1. The first-order chi connectivity index (χ1) is 7.56. The van der Waals surface area contributed by atoms with E-state index in [1.807, 2.05) is 26.0 Å². The Kier molecular flexibility index (Phi) is 4.78. The van der Waals surface area contributed by atoms with Crippen LogP contribution in [0.5, 0.6) is 0 Å². The Morgan fingerprint density at radius 3 is 2.56 bits per heavy atom. The average molecular weight is 239 g/mol. The molecule has 0 fully saturated rings.